The summed E-state index contributed by atoms with van der Waals surface area (Å²) >= 11 is 1.72. The lowest BCUT2D eigenvalue weighted by atomic mass is 10.0. The van der Waals surface area contributed by atoms with Crippen molar-refractivity contribution in [3.8, 4) is 5.75 Å². The molecule has 2 rings (SSSR count). The van der Waals surface area contributed by atoms with E-state index in [9.17, 15) is 0 Å². The van der Waals surface area contributed by atoms with Crippen LogP contribution >= 0.6 is 11.3 Å². The van der Waals surface area contributed by atoms with Crippen LogP contribution < -0.4 is 10.5 Å². The fraction of sp³-hybridized carbons (Fsp3) is 0.333. The van der Waals surface area contributed by atoms with Crippen molar-refractivity contribution >= 4 is 11.3 Å². The first-order valence-corrected chi connectivity index (χ1v) is 7.01. The molecule has 0 amide bonds. The molecule has 0 aliphatic carbocycles. The van der Waals surface area contributed by atoms with Crippen molar-refractivity contribution in [3.63, 3.8) is 0 Å². The van der Waals surface area contributed by atoms with Gasteiger partial charge in [0.1, 0.15) is 12.4 Å². The smallest absolute Gasteiger partial charge is 0.123 e. The lowest BCUT2D eigenvalue weighted by molar-refractivity contribution is 0.305. The summed E-state index contributed by atoms with van der Waals surface area (Å²) in [5.74, 6) is 1.46. The maximum Gasteiger partial charge on any atom is 0.123 e. The molecule has 3 heteroatoms. The Balaban J connectivity index is 2.05. The molecule has 0 radical (unpaired) electrons. The zero-order chi connectivity index (χ0) is 13.0. The minimum atomic E-state index is 0.476. The molecule has 0 bridgehead atoms. The monoisotopic (exact) mass is 261 g/mol. The van der Waals surface area contributed by atoms with E-state index in [1.807, 2.05) is 12.1 Å². The number of hydrogen-bond acceptors (Lipinski definition) is 3. The minimum Gasteiger partial charge on any atom is -0.488 e. The molecule has 0 saturated heterocycles. The van der Waals surface area contributed by atoms with Crippen LogP contribution in [-0.4, -0.2) is 0 Å². The first kappa shape index (κ1) is 13.1. The van der Waals surface area contributed by atoms with Gasteiger partial charge in [0.25, 0.3) is 0 Å². The van der Waals surface area contributed by atoms with E-state index in [1.54, 1.807) is 11.3 Å². The van der Waals surface area contributed by atoms with Gasteiger partial charge in [0.2, 0.25) is 0 Å². The van der Waals surface area contributed by atoms with Crippen molar-refractivity contribution in [2.45, 2.75) is 32.9 Å². The zero-order valence-electron chi connectivity index (χ0n) is 10.8. The van der Waals surface area contributed by atoms with Gasteiger partial charge < -0.3 is 10.5 Å². The third kappa shape index (κ3) is 3.12. The summed E-state index contributed by atoms with van der Waals surface area (Å²) in [5.41, 5.74) is 6.86. The SMILES string of the molecule is CC(C)c1ccccc1OCc1ccc(CN)s1. The van der Waals surface area contributed by atoms with Crippen LogP contribution in [0.2, 0.25) is 0 Å². The predicted octanol–water partition coefficient (Wildman–Crippen LogP) is 3.91. The van der Waals surface area contributed by atoms with E-state index in [-0.39, 0.29) is 0 Å². The minimum absolute atomic E-state index is 0.476. The first-order valence-electron chi connectivity index (χ1n) is 6.20. The molecule has 0 aliphatic heterocycles. The number of benzene rings is 1. The molecule has 96 valence electrons. The van der Waals surface area contributed by atoms with Gasteiger partial charge in [0, 0.05) is 16.3 Å². The van der Waals surface area contributed by atoms with Crippen molar-refractivity contribution in [2.75, 3.05) is 0 Å². The number of nitrogens with two attached hydrogens (primary N) is 1. The van der Waals surface area contributed by atoms with Gasteiger partial charge >= 0.3 is 0 Å². The number of rotatable bonds is 5. The Bertz CT molecular complexity index is 505. The summed E-state index contributed by atoms with van der Waals surface area (Å²) in [7, 11) is 0. The van der Waals surface area contributed by atoms with Crippen LogP contribution in [0.5, 0.6) is 5.75 Å². The standard InChI is InChI=1S/C15H19NOS/c1-11(2)14-5-3-4-6-15(14)17-10-13-8-7-12(9-16)18-13/h3-8,11H,9-10,16H2,1-2H3. The lowest BCUT2D eigenvalue weighted by Crippen LogP contribution is -1.98. The van der Waals surface area contributed by atoms with Gasteiger partial charge in [-0.1, -0.05) is 32.0 Å². The topological polar surface area (TPSA) is 35.2 Å². The van der Waals surface area contributed by atoms with Gasteiger partial charge in [0.05, 0.1) is 0 Å². The van der Waals surface area contributed by atoms with E-state index in [4.69, 9.17) is 10.5 Å². The summed E-state index contributed by atoms with van der Waals surface area (Å²) in [5, 5.41) is 0. The van der Waals surface area contributed by atoms with Crippen LogP contribution in [0.4, 0.5) is 0 Å². The Morgan fingerprint density at radius 3 is 2.50 bits per heavy atom. The number of ether oxygens (including phenoxy) is 1. The maximum atomic E-state index is 5.91. The second kappa shape index (κ2) is 6.03. The molecular weight excluding hydrogens is 242 g/mol. The molecule has 1 heterocycles. The molecule has 0 unspecified atom stereocenters. The van der Waals surface area contributed by atoms with Gasteiger partial charge in [-0.15, -0.1) is 11.3 Å². The summed E-state index contributed by atoms with van der Waals surface area (Å²) in [6, 6.07) is 12.4. The van der Waals surface area contributed by atoms with Crippen molar-refractivity contribution in [2.24, 2.45) is 5.73 Å². The Kier molecular flexibility index (Phi) is 4.39. The van der Waals surface area contributed by atoms with Gasteiger partial charge in [0.15, 0.2) is 0 Å². The quantitative estimate of drug-likeness (QED) is 0.885. The van der Waals surface area contributed by atoms with Crippen LogP contribution in [0.15, 0.2) is 36.4 Å². The maximum absolute atomic E-state index is 5.91. The van der Waals surface area contributed by atoms with Crippen LogP contribution in [0.25, 0.3) is 0 Å². The second-order valence-electron chi connectivity index (χ2n) is 4.55. The summed E-state index contributed by atoms with van der Waals surface area (Å²) in [4.78, 5) is 2.42. The average Bonchev–Trinajstić information content (AvgIpc) is 2.84. The molecule has 18 heavy (non-hydrogen) atoms. The largest absolute Gasteiger partial charge is 0.488 e. The third-order valence-corrected chi connectivity index (χ3v) is 3.91. The van der Waals surface area contributed by atoms with E-state index in [2.05, 4.69) is 38.1 Å². The molecule has 0 aliphatic rings. The van der Waals surface area contributed by atoms with Crippen molar-refractivity contribution in [1.82, 2.24) is 0 Å². The van der Waals surface area contributed by atoms with E-state index >= 15 is 0 Å². The van der Waals surface area contributed by atoms with Crippen molar-refractivity contribution in [1.29, 1.82) is 0 Å². The molecular formula is C15H19NOS. The molecule has 0 atom stereocenters. The Labute approximate surface area is 112 Å². The molecule has 1 aromatic heterocycles. The predicted molar refractivity (Wildman–Crippen MR) is 77.1 cm³/mol. The fourth-order valence-electron chi connectivity index (χ4n) is 1.85. The normalized spacial score (nSPS) is 10.9. The van der Waals surface area contributed by atoms with Crippen molar-refractivity contribution in [3.05, 3.63) is 51.7 Å². The molecule has 2 N–H and O–H groups in total. The molecule has 0 saturated carbocycles. The van der Waals surface area contributed by atoms with Gasteiger partial charge in [-0.25, -0.2) is 0 Å². The van der Waals surface area contributed by atoms with Crippen LogP contribution in [-0.2, 0) is 13.2 Å². The van der Waals surface area contributed by atoms with E-state index < -0.39 is 0 Å². The molecule has 2 nitrogen and oxygen atoms in total. The highest BCUT2D eigenvalue weighted by atomic mass is 32.1. The highest BCUT2D eigenvalue weighted by Crippen LogP contribution is 2.27. The first-order chi connectivity index (χ1) is 8.70. The van der Waals surface area contributed by atoms with Gasteiger partial charge in [-0.05, 0) is 29.7 Å². The number of thiophene rings is 1. The zero-order valence-corrected chi connectivity index (χ0v) is 11.7. The number of hydrogen-bond donors (Lipinski definition) is 1. The van der Waals surface area contributed by atoms with Crippen LogP contribution in [0.3, 0.4) is 0 Å². The molecule has 2 aromatic rings. The Hall–Kier alpha value is -1.32. The summed E-state index contributed by atoms with van der Waals surface area (Å²) in [6.07, 6.45) is 0. The summed E-state index contributed by atoms with van der Waals surface area (Å²) < 4.78 is 5.91. The van der Waals surface area contributed by atoms with Crippen molar-refractivity contribution < 1.29 is 4.74 Å². The van der Waals surface area contributed by atoms with E-state index in [1.165, 1.54) is 15.3 Å². The Morgan fingerprint density at radius 2 is 1.83 bits per heavy atom. The second-order valence-corrected chi connectivity index (χ2v) is 5.81. The highest BCUT2D eigenvalue weighted by Gasteiger charge is 2.07. The number of para-hydroxylation sites is 1. The van der Waals surface area contributed by atoms with E-state index in [0.717, 1.165) is 5.75 Å². The molecule has 0 fully saturated rings. The molecule has 0 spiro atoms. The van der Waals surface area contributed by atoms with Gasteiger partial charge in [-0.3, -0.25) is 0 Å². The van der Waals surface area contributed by atoms with E-state index in [0.29, 0.717) is 19.1 Å². The van der Waals surface area contributed by atoms with Crippen LogP contribution in [0.1, 0.15) is 35.1 Å². The summed E-state index contributed by atoms with van der Waals surface area (Å²) in [6.45, 7) is 5.58. The average molecular weight is 261 g/mol. The molecule has 1 aromatic carbocycles. The third-order valence-electron chi connectivity index (χ3n) is 2.83. The van der Waals surface area contributed by atoms with Gasteiger partial charge in [-0.2, -0.15) is 0 Å². The lowest BCUT2D eigenvalue weighted by Gasteiger charge is -2.13. The van der Waals surface area contributed by atoms with Crippen LogP contribution in [0, 0.1) is 0 Å². The highest BCUT2D eigenvalue weighted by molar-refractivity contribution is 7.11. The Morgan fingerprint density at radius 1 is 1.11 bits per heavy atom. The fourth-order valence-corrected chi connectivity index (χ4v) is 2.66.